The average Bonchev–Trinajstić information content (AvgIpc) is 3.44. The summed E-state index contributed by atoms with van der Waals surface area (Å²) in [5.74, 6) is -0.651. The summed E-state index contributed by atoms with van der Waals surface area (Å²) in [6.45, 7) is 5.22. The molecule has 1 N–H and O–H groups in total. The molecule has 1 spiro atoms. The molecular formula is C21H25FN4O3. The molecule has 0 aromatic carbocycles. The molecule has 5 rings (SSSR count). The number of hydrogen-bond acceptors (Lipinski definition) is 4. The zero-order valence-electron chi connectivity index (χ0n) is 16.7. The first-order valence-corrected chi connectivity index (χ1v) is 10.3. The standard InChI is InChI=1S/C21H25FN4O3/c1-3-17(27)23-8-13-14-10-25(11-21(14)7-6-15(13)29-21)20(28)18-19(22)26-9-12(2)4-5-16(26)24-18/h4-5,9,13-15H,3,6-8,10-11H2,1-2H3,(H,23,27)/t13-,14+,15+,21+/m0/s1. The highest BCUT2D eigenvalue weighted by atomic mass is 19.1. The normalized spacial score (nSPS) is 30.2. The zero-order valence-corrected chi connectivity index (χ0v) is 16.7. The molecule has 154 valence electrons. The zero-order chi connectivity index (χ0) is 20.3. The van der Waals surface area contributed by atoms with Gasteiger partial charge in [0.05, 0.1) is 18.2 Å². The molecule has 0 unspecified atom stereocenters. The molecule has 7 nitrogen and oxygen atoms in total. The summed E-state index contributed by atoms with van der Waals surface area (Å²) in [5.41, 5.74) is 0.808. The molecule has 3 aliphatic rings. The lowest BCUT2D eigenvalue weighted by Gasteiger charge is -2.29. The van der Waals surface area contributed by atoms with Gasteiger partial charge in [-0.25, -0.2) is 4.98 Å². The second-order valence-corrected chi connectivity index (χ2v) is 8.56. The van der Waals surface area contributed by atoms with E-state index >= 15 is 0 Å². The molecule has 2 aromatic rings. The van der Waals surface area contributed by atoms with Crippen LogP contribution in [0.2, 0.25) is 0 Å². The number of likely N-dealkylation sites (tertiary alicyclic amines) is 1. The maximum absolute atomic E-state index is 14.9. The fraction of sp³-hybridized carbons (Fsp3) is 0.571. The third-order valence-electron chi connectivity index (χ3n) is 6.84. The van der Waals surface area contributed by atoms with E-state index in [1.165, 1.54) is 4.40 Å². The Kier molecular flexibility index (Phi) is 4.17. The van der Waals surface area contributed by atoms with Gasteiger partial charge in [0.15, 0.2) is 5.69 Å². The molecule has 2 aromatic heterocycles. The highest BCUT2D eigenvalue weighted by molar-refractivity contribution is 5.93. The molecule has 0 radical (unpaired) electrons. The van der Waals surface area contributed by atoms with E-state index in [-0.39, 0.29) is 35.1 Å². The van der Waals surface area contributed by atoms with Crippen LogP contribution >= 0.6 is 0 Å². The van der Waals surface area contributed by atoms with Crippen molar-refractivity contribution in [3.63, 3.8) is 0 Å². The van der Waals surface area contributed by atoms with Crippen molar-refractivity contribution in [3.05, 3.63) is 35.5 Å². The summed E-state index contributed by atoms with van der Waals surface area (Å²) >= 11 is 0. The number of ether oxygens (including phenoxy) is 1. The Morgan fingerprint density at radius 2 is 2.24 bits per heavy atom. The smallest absolute Gasteiger partial charge is 0.277 e. The van der Waals surface area contributed by atoms with Crippen LogP contribution < -0.4 is 5.32 Å². The van der Waals surface area contributed by atoms with Gasteiger partial charge in [-0.2, -0.15) is 4.39 Å². The SMILES string of the molecule is CCC(=O)NC[C@H]1[C@H]2CN(C(=O)c3nc4ccc(C)cn4c3F)C[C@]23CC[C@H]1O3. The maximum Gasteiger partial charge on any atom is 0.277 e. The van der Waals surface area contributed by atoms with Crippen molar-refractivity contribution in [3.8, 4) is 0 Å². The molecule has 4 atom stereocenters. The lowest BCUT2D eigenvalue weighted by molar-refractivity contribution is -0.121. The predicted molar refractivity (Wildman–Crippen MR) is 103 cm³/mol. The van der Waals surface area contributed by atoms with E-state index in [0.29, 0.717) is 31.7 Å². The minimum absolute atomic E-state index is 0.0230. The molecule has 3 saturated heterocycles. The second kappa shape index (κ2) is 6.52. The Morgan fingerprint density at radius 1 is 1.41 bits per heavy atom. The maximum atomic E-state index is 14.9. The quantitative estimate of drug-likeness (QED) is 0.851. The van der Waals surface area contributed by atoms with Gasteiger partial charge in [0.1, 0.15) is 5.65 Å². The van der Waals surface area contributed by atoms with Gasteiger partial charge < -0.3 is 15.0 Å². The summed E-state index contributed by atoms with van der Waals surface area (Å²) in [6, 6.07) is 3.56. The van der Waals surface area contributed by atoms with Gasteiger partial charge in [-0.15, -0.1) is 0 Å². The third kappa shape index (κ3) is 2.76. The molecule has 3 fully saturated rings. The number of carbonyl (C=O) groups excluding carboxylic acids is 2. The van der Waals surface area contributed by atoms with Gasteiger partial charge >= 0.3 is 0 Å². The Morgan fingerprint density at radius 3 is 3.03 bits per heavy atom. The van der Waals surface area contributed by atoms with E-state index in [9.17, 15) is 14.0 Å². The minimum atomic E-state index is -0.625. The van der Waals surface area contributed by atoms with Crippen molar-refractivity contribution in [2.75, 3.05) is 19.6 Å². The summed E-state index contributed by atoms with van der Waals surface area (Å²) in [5, 5.41) is 2.98. The lowest BCUT2D eigenvalue weighted by Crippen LogP contribution is -2.41. The number of nitrogens with one attached hydrogen (secondary N) is 1. The first kappa shape index (κ1) is 18.5. The first-order valence-electron chi connectivity index (χ1n) is 10.3. The number of rotatable bonds is 4. The second-order valence-electron chi connectivity index (χ2n) is 8.56. The van der Waals surface area contributed by atoms with Crippen LogP contribution in [0.1, 0.15) is 42.2 Å². The van der Waals surface area contributed by atoms with Crippen molar-refractivity contribution < 1.29 is 18.7 Å². The van der Waals surface area contributed by atoms with E-state index in [4.69, 9.17) is 4.74 Å². The molecule has 2 amide bonds. The van der Waals surface area contributed by atoms with E-state index in [1.54, 1.807) is 17.2 Å². The summed E-state index contributed by atoms with van der Waals surface area (Å²) in [6.07, 6.45) is 4.06. The number of aryl methyl sites for hydroxylation is 1. The van der Waals surface area contributed by atoms with E-state index in [2.05, 4.69) is 10.3 Å². The summed E-state index contributed by atoms with van der Waals surface area (Å²) in [4.78, 5) is 30.7. The van der Waals surface area contributed by atoms with Crippen LogP contribution in [0.4, 0.5) is 4.39 Å². The van der Waals surface area contributed by atoms with E-state index in [0.717, 1.165) is 18.4 Å². The van der Waals surface area contributed by atoms with Crippen LogP contribution in [0.5, 0.6) is 0 Å². The van der Waals surface area contributed by atoms with Gasteiger partial charge in [-0.1, -0.05) is 13.0 Å². The number of fused-ring (bicyclic) bond motifs is 2. The van der Waals surface area contributed by atoms with Crippen LogP contribution in [0.3, 0.4) is 0 Å². The van der Waals surface area contributed by atoms with Crippen LogP contribution in [0.15, 0.2) is 18.3 Å². The molecule has 5 heterocycles. The van der Waals surface area contributed by atoms with Gasteiger partial charge in [-0.05, 0) is 31.4 Å². The van der Waals surface area contributed by atoms with Crippen LogP contribution in [-0.2, 0) is 9.53 Å². The van der Waals surface area contributed by atoms with Crippen molar-refractivity contribution in [2.45, 2.75) is 44.8 Å². The number of pyridine rings is 1. The fourth-order valence-electron chi connectivity index (χ4n) is 5.38. The summed E-state index contributed by atoms with van der Waals surface area (Å²) < 4.78 is 22.5. The van der Waals surface area contributed by atoms with Crippen molar-refractivity contribution in [1.82, 2.24) is 19.6 Å². The van der Waals surface area contributed by atoms with Crippen molar-refractivity contribution in [2.24, 2.45) is 11.8 Å². The van der Waals surface area contributed by atoms with Crippen LogP contribution in [0, 0.1) is 24.7 Å². The highest BCUT2D eigenvalue weighted by Crippen LogP contribution is 2.54. The molecule has 8 heteroatoms. The van der Waals surface area contributed by atoms with E-state index < -0.39 is 11.9 Å². The number of aromatic nitrogens is 2. The molecule has 0 saturated carbocycles. The van der Waals surface area contributed by atoms with E-state index in [1.807, 2.05) is 19.9 Å². The third-order valence-corrected chi connectivity index (χ3v) is 6.84. The first-order chi connectivity index (χ1) is 13.9. The Bertz CT molecular complexity index is 1010. The van der Waals surface area contributed by atoms with Crippen molar-refractivity contribution >= 4 is 17.5 Å². The number of imidazole rings is 1. The van der Waals surface area contributed by atoms with Crippen molar-refractivity contribution in [1.29, 1.82) is 0 Å². The topological polar surface area (TPSA) is 75.9 Å². The van der Waals surface area contributed by atoms with Crippen LogP contribution in [0.25, 0.3) is 5.65 Å². The molecule has 29 heavy (non-hydrogen) atoms. The van der Waals surface area contributed by atoms with Crippen LogP contribution in [-0.4, -0.2) is 57.4 Å². The van der Waals surface area contributed by atoms with Gasteiger partial charge in [0.2, 0.25) is 11.9 Å². The predicted octanol–water partition coefficient (Wildman–Crippen LogP) is 1.93. The Labute approximate surface area is 168 Å². The number of amides is 2. The average molecular weight is 400 g/mol. The number of nitrogens with zero attached hydrogens (tertiary/aromatic N) is 3. The summed E-state index contributed by atoms with van der Waals surface area (Å²) in [7, 11) is 0. The van der Waals surface area contributed by atoms with Gasteiger partial charge in [0, 0.05) is 37.5 Å². The Balaban J connectivity index is 1.38. The lowest BCUT2D eigenvalue weighted by atomic mass is 9.73. The minimum Gasteiger partial charge on any atom is -0.369 e. The molecular weight excluding hydrogens is 375 g/mol. The largest absolute Gasteiger partial charge is 0.369 e. The van der Waals surface area contributed by atoms with Gasteiger partial charge in [-0.3, -0.25) is 14.0 Å². The molecule has 3 aliphatic heterocycles. The monoisotopic (exact) mass is 400 g/mol. The fourth-order valence-corrected chi connectivity index (χ4v) is 5.38. The Hall–Kier alpha value is -2.48. The number of halogens is 1. The number of carbonyl (C=O) groups is 2. The number of hydrogen-bond donors (Lipinski definition) is 1. The molecule has 0 aliphatic carbocycles. The molecule has 2 bridgehead atoms. The highest BCUT2D eigenvalue weighted by Gasteiger charge is 2.63. The van der Waals surface area contributed by atoms with Gasteiger partial charge in [0.25, 0.3) is 5.91 Å².